The van der Waals surface area contributed by atoms with E-state index in [9.17, 15) is 4.79 Å². The molecular formula is C7H14ClNO2. The first kappa shape index (κ1) is 10.7. The second-order valence-corrected chi connectivity index (χ2v) is 3.46. The van der Waals surface area contributed by atoms with Gasteiger partial charge in [-0.05, 0) is 18.4 Å². The van der Waals surface area contributed by atoms with Crippen LogP contribution in [0.4, 0.5) is 0 Å². The Labute approximate surface area is 72.6 Å². The van der Waals surface area contributed by atoms with E-state index < -0.39 is 5.97 Å². The third kappa shape index (κ3) is 2.07. The summed E-state index contributed by atoms with van der Waals surface area (Å²) < 4.78 is 0. The summed E-state index contributed by atoms with van der Waals surface area (Å²) in [4.78, 5) is 10.6. The zero-order valence-corrected chi connectivity index (χ0v) is 7.57. The van der Waals surface area contributed by atoms with E-state index in [1.54, 1.807) is 0 Å². The van der Waals surface area contributed by atoms with Crippen LogP contribution in [-0.4, -0.2) is 23.7 Å². The van der Waals surface area contributed by atoms with Crippen LogP contribution >= 0.6 is 12.4 Å². The number of nitrogens with one attached hydrogen (secondary N) is 1. The first-order valence-electron chi connectivity index (χ1n) is 3.50. The van der Waals surface area contributed by atoms with Crippen LogP contribution in [0.25, 0.3) is 0 Å². The summed E-state index contributed by atoms with van der Waals surface area (Å²) in [5.41, 5.74) is -0.0775. The molecule has 1 fully saturated rings. The highest BCUT2D eigenvalue weighted by Gasteiger charge is 2.38. The topological polar surface area (TPSA) is 49.3 Å². The number of carboxylic acid groups (broad SMARTS) is 1. The fourth-order valence-electron chi connectivity index (χ4n) is 1.38. The molecule has 1 aliphatic rings. The van der Waals surface area contributed by atoms with Crippen molar-refractivity contribution >= 4 is 18.4 Å². The van der Waals surface area contributed by atoms with Gasteiger partial charge < -0.3 is 10.4 Å². The molecule has 0 amide bonds. The molecule has 2 N–H and O–H groups in total. The molecule has 0 saturated carbocycles. The molecule has 66 valence electrons. The Morgan fingerprint density at radius 3 is 2.36 bits per heavy atom. The van der Waals surface area contributed by atoms with Gasteiger partial charge in [0, 0.05) is 0 Å². The van der Waals surface area contributed by atoms with E-state index in [0.29, 0.717) is 0 Å². The monoisotopic (exact) mass is 179 g/mol. The molecule has 3 nitrogen and oxygen atoms in total. The predicted octanol–water partition coefficient (Wildman–Crippen LogP) is 0.881. The van der Waals surface area contributed by atoms with Gasteiger partial charge in [-0.2, -0.15) is 0 Å². The van der Waals surface area contributed by atoms with E-state index >= 15 is 0 Å². The lowest BCUT2D eigenvalue weighted by Gasteiger charge is -2.21. The molecule has 0 bridgehead atoms. The van der Waals surface area contributed by atoms with Gasteiger partial charge in [0.1, 0.15) is 6.04 Å². The quantitative estimate of drug-likeness (QED) is 0.629. The third-order valence-electron chi connectivity index (χ3n) is 2.15. The van der Waals surface area contributed by atoms with Crippen molar-refractivity contribution in [1.82, 2.24) is 5.32 Å². The maximum atomic E-state index is 10.6. The maximum absolute atomic E-state index is 10.6. The minimum atomic E-state index is -0.734. The Morgan fingerprint density at radius 2 is 2.18 bits per heavy atom. The van der Waals surface area contributed by atoms with Gasteiger partial charge in [-0.3, -0.25) is 4.79 Å². The van der Waals surface area contributed by atoms with Crippen molar-refractivity contribution in [2.24, 2.45) is 5.41 Å². The van der Waals surface area contributed by atoms with Crippen LogP contribution in [0, 0.1) is 5.41 Å². The van der Waals surface area contributed by atoms with Gasteiger partial charge >= 0.3 is 5.97 Å². The molecule has 4 heteroatoms. The van der Waals surface area contributed by atoms with Crippen molar-refractivity contribution in [2.45, 2.75) is 26.3 Å². The molecule has 11 heavy (non-hydrogen) atoms. The molecule has 0 spiro atoms. The van der Waals surface area contributed by atoms with Crippen molar-refractivity contribution in [3.8, 4) is 0 Å². The zero-order chi connectivity index (χ0) is 7.78. The van der Waals surface area contributed by atoms with Crippen LogP contribution in [0.3, 0.4) is 0 Å². The molecule has 1 heterocycles. The maximum Gasteiger partial charge on any atom is 0.321 e. The lowest BCUT2D eigenvalue weighted by molar-refractivity contribution is -0.141. The van der Waals surface area contributed by atoms with Gasteiger partial charge in [-0.15, -0.1) is 12.4 Å². The molecule has 1 aliphatic heterocycles. The standard InChI is InChI=1S/C7H13NO2.ClH/c1-7(2)3-4-8-5(7)6(9)10;/h5,8H,3-4H2,1-2H3,(H,9,10);1H/t5-;/m0./s1. The van der Waals surface area contributed by atoms with Crippen molar-refractivity contribution < 1.29 is 9.90 Å². The van der Waals surface area contributed by atoms with Crippen LogP contribution in [0.2, 0.25) is 0 Å². The van der Waals surface area contributed by atoms with Crippen molar-refractivity contribution in [3.63, 3.8) is 0 Å². The first-order chi connectivity index (χ1) is 4.54. The fourth-order valence-corrected chi connectivity index (χ4v) is 1.38. The Hall–Kier alpha value is -0.280. The fraction of sp³-hybridized carbons (Fsp3) is 0.857. The summed E-state index contributed by atoms with van der Waals surface area (Å²) in [5, 5.41) is 11.6. The Bertz CT molecular complexity index is 159. The average Bonchev–Trinajstić information content (AvgIpc) is 2.08. The Balaban J connectivity index is 0.000001000. The number of hydrogen-bond acceptors (Lipinski definition) is 2. The van der Waals surface area contributed by atoms with Crippen molar-refractivity contribution in [3.05, 3.63) is 0 Å². The minimum absolute atomic E-state index is 0. The SMILES string of the molecule is CC1(C)CCN[C@H]1C(=O)O.Cl. The summed E-state index contributed by atoms with van der Waals surface area (Å²) in [6.07, 6.45) is 0.948. The molecule has 0 aromatic heterocycles. The van der Waals surface area contributed by atoms with Crippen molar-refractivity contribution in [1.29, 1.82) is 0 Å². The number of hydrogen-bond donors (Lipinski definition) is 2. The van der Waals surface area contributed by atoms with Gasteiger partial charge in [0.15, 0.2) is 0 Å². The van der Waals surface area contributed by atoms with Crippen molar-refractivity contribution in [2.75, 3.05) is 6.54 Å². The Morgan fingerprint density at radius 1 is 1.64 bits per heavy atom. The highest BCUT2D eigenvalue weighted by atomic mass is 35.5. The summed E-state index contributed by atoms with van der Waals surface area (Å²) in [6, 6.07) is -0.354. The molecule has 1 rings (SSSR count). The highest BCUT2D eigenvalue weighted by Crippen LogP contribution is 2.29. The van der Waals surface area contributed by atoms with E-state index in [1.807, 2.05) is 13.8 Å². The average molecular weight is 180 g/mol. The summed E-state index contributed by atoms with van der Waals surface area (Å²) in [6.45, 7) is 4.78. The minimum Gasteiger partial charge on any atom is -0.480 e. The summed E-state index contributed by atoms with van der Waals surface area (Å²) in [7, 11) is 0. The number of carbonyl (C=O) groups is 1. The van der Waals surface area contributed by atoms with Gasteiger partial charge in [-0.1, -0.05) is 13.8 Å². The van der Waals surface area contributed by atoms with Crippen LogP contribution < -0.4 is 5.32 Å². The summed E-state index contributed by atoms with van der Waals surface area (Å²) >= 11 is 0. The molecule has 0 aromatic carbocycles. The molecule has 0 aromatic rings. The first-order valence-corrected chi connectivity index (χ1v) is 3.50. The van der Waals surface area contributed by atoms with E-state index in [2.05, 4.69) is 5.32 Å². The molecule has 0 unspecified atom stereocenters. The van der Waals surface area contributed by atoms with Gasteiger partial charge in [0.2, 0.25) is 0 Å². The van der Waals surface area contributed by atoms with E-state index in [4.69, 9.17) is 5.11 Å². The number of rotatable bonds is 1. The normalized spacial score (nSPS) is 27.6. The third-order valence-corrected chi connectivity index (χ3v) is 2.15. The molecule has 0 radical (unpaired) electrons. The largest absolute Gasteiger partial charge is 0.480 e. The van der Waals surface area contributed by atoms with Crippen LogP contribution in [0.1, 0.15) is 20.3 Å². The predicted molar refractivity (Wildman–Crippen MR) is 45.1 cm³/mol. The van der Waals surface area contributed by atoms with Crippen LogP contribution in [0.5, 0.6) is 0 Å². The molecule has 1 atom stereocenters. The summed E-state index contributed by atoms with van der Waals surface area (Å²) in [5.74, 6) is -0.734. The smallest absolute Gasteiger partial charge is 0.321 e. The van der Waals surface area contributed by atoms with E-state index in [-0.39, 0.29) is 23.9 Å². The molecular weight excluding hydrogens is 166 g/mol. The molecule has 0 aliphatic carbocycles. The number of carboxylic acids is 1. The lowest BCUT2D eigenvalue weighted by atomic mass is 9.85. The zero-order valence-electron chi connectivity index (χ0n) is 6.76. The second kappa shape index (κ2) is 3.41. The molecule has 1 saturated heterocycles. The lowest BCUT2D eigenvalue weighted by Crippen LogP contribution is -2.39. The number of aliphatic carboxylic acids is 1. The van der Waals surface area contributed by atoms with E-state index in [1.165, 1.54) is 0 Å². The van der Waals surface area contributed by atoms with Gasteiger partial charge in [0.25, 0.3) is 0 Å². The van der Waals surface area contributed by atoms with Crippen LogP contribution in [-0.2, 0) is 4.79 Å². The van der Waals surface area contributed by atoms with E-state index in [0.717, 1.165) is 13.0 Å². The van der Waals surface area contributed by atoms with Gasteiger partial charge in [-0.25, -0.2) is 0 Å². The number of halogens is 1. The van der Waals surface area contributed by atoms with Crippen LogP contribution in [0.15, 0.2) is 0 Å². The highest BCUT2D eigenvalue weighted by molar-refractivity contribution is 5.85. The van der Waals surface area contributed by atoms with Gasteiger partial charge in [0.05, 0.1) is 0 Å². The second-order valence-electron chi connectivity index (χ2n) is 3.46. The Kier molecular flexibility index (Phi) is 3.32.